The zero-order valence-corrected chi connectivity index (χ0v) is 7.20. The van der Waals surface area contributed by atoms with Crippen molar-refractivity contribution in [3.63, 3.8) is 0 Å². The van der Waals surface area contributed by atoms with E-state index in [1.807, 2.05) is 0 Å². The van der Waals surface area contributed by atoms with Crippen LogP contribution < -0.4 is 10.8 Å². The second-order valence-electron chi connectivity index (χ2n) is 3.17. The van der Waals surface area contributed by atoms with Crippen LogP contribution in [0.3, 0.4) is 0 Å². The highest BCUT2D eigenvalue weighted by atomic mass is 16.4. The van der Waals surface area contributed by atoms with Crippen LogP contribution in [0.25, 0.3) is 0 Å². The number of hydrogen-bond acceptors (Lipinski definition) is 4. The van der Waals surface area contributed by atoms with Gasteiger partial charge in [0, 0.05) is 36.9 Å². The molecule has 2 heterocycles. The smallest absolute Gasteiger partial charge is 0.423 e. The lowest BCUT2D eigenvalue weighted by molar-refractivity contribution is 0.425. The number of pyridine rings is 1. The monoisotopic (exact) mass is 178 g/mol. The van der Waals surface area contributed by atoms with Crippen molar-refractivity contribution >= 4 is 12.6 Å². The maximum absolute atomic E-state index is 8.92. The normalized spacial score (nSPS) is 15.2. The van der Waals surface area contributed by atoms with Gasteiger partial charge < -0.3 is 15.4 Å². The van der Waals surface area contributed by atoms with Gasteiger partial charge >= 0.3 is 7.12 Å². The molecule has 0 aromatic carbocycles. The Hall–Kier alpha value is -0.905. The van der Waals surface area contributed by atoms with Crippen LogP contribution in [-0.4, -0.2) is 28.7 Å². The number of hydrogen-bond donors (Lipinski definition) is 3. The van der Waals surface area contributed by atoms with E-state index in [4.69, 9.17) is 10.0 Å². The van der Waals surface area contributed by atoms with Gasteiger partial charge in [-0.2, -0.15) is 0 Å². The Bertz CT molecular complexity index is 317. The van der Waals surface area contributed by atoms with E-state index in [1.165, 1.54) is 6.20 Å². The van der Waals surface area contributed by atoms with E-state index in [1.54, 1.807) is 6.07 Å². The first-order valence-electron chi connectivity index (χ1n) is 4.32. The summed E-state index contributed by atoms with van der Waals surface area (Å²) in [6.45, 7) is 1.71. The van der Waals surface area contributed by atoms with Crippen molar-refractivity contribution in [2.75, 3.05) is 6.54 Å². The molecular formula is C8H11BN2O2. The Morgan fingerprint density at radius 3 is 3.08 bits per heavy atom. The molecule has 2 rings (SSSR count). The molecule has 1 aliphatic rings. The molecule has 0 fully saturated rings. The predicted molar refractivity (Wildman–Crippen MR) is 49.5 cm³/mol. The van der Waals surface area contributed by atoms with E-state index in [9.17, 15) is 0 Å². The number of aromatic nitrogens is 1. The summed E-state index contributed by atoms with van der Waals surface area (Å²) in [5.74, 6) is 0. The summed E-state index contributed by atoms with van der Waals surface area (Å²) in [5.41, 5.74) is 2.59. The second kappa shape index (κ2) is 3.45. The molecule has 3 N–H and O–H groups in total. The average molecular weight is 178 g/mol. The highest BCUT2D eigenvalue weighted by Gasteiger charge is 2.15. The maximum atomic E-state index is 8.92. The minimum Gasteiger partial charge on any atom is -0.423 e. The van der Waals surface area contributed by atoms with Crippen molar-refractivity contribution in [3.05, 3.63) is 23.5 Å². The van der Waals surface area contributed by atoms with E-state index < -0.39 is 7.12 Å². The third kappa shape index (κ3) is 1.72. The van der Waals surface area contributed by atoms with Crippen LogP contribution in [0.15, 0.2) is 12.3 Å². The van der Waals surface area contributed by atoms with Crippen molar-refractivity contribution in [3.8, 4) is 0 Å². The van der Waals surface area contributed by atoms with Gasteiger partial charge in [0.05, 0.1) is 0 Å². The van der Waals surface area contributed by atoms with Crippen LogP contribution >= 0.6 is 0 Å². The Balaban J connectivity index is 2.35. The molecule has 0 atom stereocenters. The summed E-state index contributed by atoms with van der Waals surface area (Å²) in [7, 11) is -1.42. The molecule has 1 aromatic rings. The maximum Gasteiger partial charge on any atom is 0.490 e. The molecule has 0 spiro atoms. The lowest BCUT2D eigenvalue weighted by atomic mass is 9.80. The molecule has 5 heteroatoms. The van der Waals surface area contributed by atoms with Gasteiger partial charge in [-0.3, -0.25) is 4.98 Å². The second-order valence-corrected chi connectivity index (χ2v) is 3.17. The van der Waals surface area contributed by atoms with Gasteiger partial charge in [0.25, 0.3) is 0 Å². The fraction of sp³-hybridized carbons (Fsp3) is 0.375. The topological polar surface area (TPSA) is 65.4 Å². The van der Waals surface area contributed by atoms with E-state index in [-0.39, 0.29) is 0 Å². The van der Waals surface area contributed by atoms with Crippen LogP contribution in [-0.2, 0) is 13.0 Å². The largest absolute Gasteiger partial charge is 0.490 e. The van der Waals surface area contributed by atoms with Crippen molar-refractivity contribution in [1.82, 2.24) is 10.3 Å². The van der Waals surface area contributed by atoms with Crippen LogP contribution in [0, 0.1) is 0 Å². The molecule has 0 radical (unpaired) electrons. The Morgan fingerprint density at radius 2 is 2.31 bits per heavy atom. The van der Waals surface area contributed by atoms with E-state index >= 15 is 0 Å². The van der Waals surface area contributed by atoms with Gasteiger partial charge in [-0.25, -0.2) is 0 Å². The highest BCUT2D eigenvalue weighted by molar-refractivity contribution is 6.58. The minimum atomic E-state index is -1.42. The van der Waals surface area contributed by atoms with Gasteiger partial charge in [-0.1, -0.05) is 6.07 Å². The number of rotatable bonds is 1. The Morgan fingerprint density at radius 1 is 1.46 bits per heavy atom. The third-order valence-electron chi connectivity index (χ3n) is 2.23. The zero-order chi connectivity index (χ0) is 9.26. The zero-order valence-electron chi connectivity index (χ0n) is 7.20. The van der Waals surface area contributed by atoms with E-state index in [2.05, 4.69) is 10.3 Å². The quantitative estimate of drug-likeness (QED) is 0.453. The lowest BCUT2D eigenvalue weighted by Crippen LogP contribution is -2.33. The van der Waals surface area contributed by atoms with Gasteiger partial charge in [-0.15, -0.1) is 0 Å². The first-order chi connectivity index (χ1) is 6.27. The fourth-order valence-electron chi connectivity index (χ4n) is 1.51. The van der Waals surface area contributed by atoms with Gasteiger partial charge in [0.15, 0.2) is 0 Å². The molecule has 0 amide bonds. The van der Waals surface area contributed by atoms with Crippen LogP contribution in [0.1, 0.15) is 11.3 Å². The minimum absolute atomic E-state index is 0.461. The molecule has 68 valence electrons. The van der Waals surface area contributed by atoms with E-state index in [0.29, 0.717) is 5.46 Å². The fourth-order valence-corrected chi connectivity index (χ4v) is 1.51. The van der Waals surface area contributed by atoms with Crippen LogP contribution in [0.5, 0.6) is 0 Å². The molecule has 1 aliphatic heterocycles. The van der Waals surface area contributed by atoms with Crippen molar-refractivity contribution in [2.24, 2.45) is 0 Å². The number of fused-ring (bicyclic) bond motifs is 1. The summed E-state index contributed by atoms with van der Waals surface area (Å²) in [4.78, 5) is 4.18. The SMILES string of the molecule is OB(O)c1cnc2c(c1)CNCC2. The summed E-state index contributed by atoms with van der Waals surface area (Å²) in [6.07, 6.45) is 2.44. The van der Waals surface area contributed by atoms with Gasteiger partial charge in [0.2, 0.25) is 0 Å². The standard InChI is InChI=1S/C8H11BN2O2/c12-9(13)7-3-6-4-10-2-1-8(6)11-5-7/h3,5,10,12-13H,1-2,4H2. The Kier molecular flexibility index (Phi) is 2.31. The summed E-state index contributed by atoms with van der Waals surface area (Å²) in [6, 6.07) is 1.79. The molecule has 0 bridgehead atoms. The van der Waals surface area contributed by atoms with Crippen LogP contribution in [0.2, 0.25) is 0 Å². The number of nitrogens with zero attached hydrogens (tertiary/aromatic N) is 1. The van der Waals surface area contributed by atoms with Crippen molar-refractivity contribution in [2.45, 2.75) is 13.0 Å². The van der Waals surface area contributed by atoms with Crippen molar-refractivity contribution in [1.29, 1.82) is 0 Å². The summed E-state index contributed by atoms with van der Waals surface area (Å²) in [5, 5.41) is 21.0. The molecule has 13 heavy (non-hydrogen) atoms. The lowest BCUT2D eigenvalue weighted by Gasteiger charge is -2.16. The number of nitrogens with one attached hydrogen (secondary N) is 1. The van der Waals surface area contributed by atoms with Gasteiger partial charge in [0.1, 0.15) is 0 Å². The molecule has 0 saturated heterocycles. The highest BCUT2D eigenvalue weighted by Crippen LogP contribution is 2.08. The molecule has 0 aliphatic carbocycles. The van der Waals surface area contributed by atoms with Crippen molar-refractivity contribution < 1.29 is 10.0 Å². The Labute approximate surface area is 76.8 Å². The summed E-state index contributed by atoms with van der Waals surface area (Å²) < 4.78 is 0. The molecule has 4 nitrogen and oxygen atoms in total. The third-order valence-corrected chi connectivity index (χ3v) is 2.23. The van der Waals surface area contributed by atoms with Gasteiger partial charge in [-0.05, 0) is 5.56 Å². The molecule has 1 aromatic heterocycles. The molecular weight excluding hydrogens is 167 g/mol. The average Bonchev–Trinajstić information content (AvgIpc) is 2.17. The molecule has 0 unspecified atom stereocenters. The van der Waals surface area contributed by atoms with Crippen LogP contribution in [0.4, 0.5) is 0 Å². The first kappa shape index (κ1) is 8.68. The predicted octanol–water partition coefficient (Wildman–Crippen LogP) is -1.59. The first-order valence-corrected chi connectivity index (χ1v) is 4.32. The van der Waals surface area contributed by atoms with E-state index in [0.717, 1.165) is 30.8 Å². The summed E-state index contributed by atoms with van der Waals surface area (Å²) >= 11 is 0. The molecule has 0 saturated carbocycles.